The number of hydrogen-bond acceptors (Lipinski definition) is 2. The monoisotopic (exact) mass is 310 g/mol. The number of aromatic nitrogens is 2. The van der Waals surface area contributed by atoms with Crippen LogP contribution in [0.4, 0.5) is 0 Å². The lowest BCUT2D eigenvalue weighted by Gasteiger charge is -1.88. The average molecular weight is 311 g/mol. The molecule has 110 valence electrons. The minimum absolute atomic E-state index is 0. The van der Waals surface area contributed by atoms with E-state index in [1.54, 1.807) is 15.7 Å². The predicted molar refractivity (Wildman–Crippen MR) is 83.5 cm³/mol. The van der Waals surface area contributed by atoms with E-state index in [1.165, 1.54) is 0 Å². The van der Waals surface area contributed by atoms with Gasteiger partial charge in [-0.05, 0) is 11.1 Å². The summed E-state index contributed by atoms with van der Waals surface area (Å²) in [5.41, 5.74) is 2.12. The number of hydrogen-bond donors (Lipinski definition) is 0. The van der Waals surface area contributed by atoms with Gasteiger partial charge in [0.05, 0.1) is 12.4 Å². The Hall–Kier alpha value is -2.72. The molecule has 2 aromatic carbocycles. The van der Waals surface area contributed by atoms with Crippen LogP contribution in [0.3, 0.4) is 0 Å². The topological polar surface area (TPSA) is 33.5 Å². The zero-order valence-corrected chi connectivity index (χ0v) is 12.6. The van der Waals surface area contributed by atoms with Gasteiger partial charge in [-0.3, -0.25) is 0 Å². The van der Waals surface area contributed by atoms with Crippen molar-refractivity contribution in [3.05, 3.63) is 90.5 Å². The fourth-order valence-electron chi connectivity index (χ4n) is 1.82. The normalized spacial score (nSPS) is 10.9. The van der Waals surface area contributed by atoms with Gasteiger partial charge >= 0.3 is 0 Å². The van der Waals surface area contributed by atoms with Crippen LogP contribution in [0.25, 0.3) is 0 Å². The Morgan fingerprint density at radius 1 is 0.818 bits per heavy atom. The first-order valence-electron chi connectivity index (χ1n) is 6.68. The molecule has 22 heavy (non-hydrogen) atoms. The molecule has 4 nitrogen and oxygen atoms in total. The number of rotatable bonds is 4. The van der Waals surface area contributed by atoms with Crippen molar-refractivity contribution >= 4 is 12.4 Å². The Morgan fingerprint density at radius 3 is 2.05 bits per heavy atom. The molecule has 0 saturated carbocycles. The first kappa shape index (κ1) is 15.7. The zero-order valence-electron chi connectivity index (χ0n) is 11.8. The van der Waals surface area contributed by atoms with Gasteiger partial charge in [-0.1, -0.05) is 70.9 Å². The highest BCUT2D eigenvalue weighted by Crippen LogP contribution is 1.95. The Labute approximate surface area is 135 Å². The maximum absolute atomic E-state index is 4.35. The molecule has 0 bridgehead atoms. The summed E-state index contributed by atoms with van der Waals surface area (Å²) >= 11 is 0. The van der Waals surface area contributed by atoms with Crippen molar-refractivity contribution in [2.45, 2.75) is 0 Å². The summed E-state index contributed by atoms with van der Waals surface area (Å²) in [5.74, 6) is 0. The molecule has 0 spiro atoms. The van der Waals surface area contributed by atoms with E-state index in [-0.39, 0.29) is 12.4 Å². The summed E-state index contributed by atoms with van der Waals surface area (Å²) in [5, 5.41) is 8.70. The Morgan fingerprint density at radius 2 is 1.41 bits per heavy atom. The first-order valence-corrected chi connectivity index (χ1v) is 6.68. The minimum Gasteiger partial charge on any atom is -1.00 e. The molecule has 0 atom stereocenters. The van der Waals surface area contributed by atoms with Gasteiger partial charge in [-0.2, -0.15) is 0 Å². The maximum atomic E-state index is 4.35. The Bertz CT molecular complexity index is 685. The largest absolute Gasteiger partial charge is 1.00 e. The van der Waals surface area contributed by atoms with E-state index >= 15 is 0 Å². The molecule has 5 heteroatoms. The second-order valence-electron chi connectivity index (χ2n) is 4.48. The number of benzene rings is 2. The third-order valence-corrected chi connectivity index (χ3v) is 2.89. The second kappa shape index (κ2) is 7.90. The third kappa shape index (κ3) is 4.40. The Balaban J connectivity index is 0.00000176. The van der Waals surface area contributed by atoms with Crippen LogP contribution in [0.15, 0.2) is 89.6 Å². The molecule has 0 amide bonds. The van der Waals surface area contributed by atoms with Crippen LogP contribution >= 0.6 is 0 Å². The molecular formula is C17H15ClN4. The van der Waals surface area contributed by atoms with E-state index in [0.717, 1.165) is 11.1 Å². The van der Waals surface area contributed by atoms with Crippen molar-refractivity contribution in [1.82, 2.24) is 4.68 Å². The van der Waals surface area contributed by atoms with Gasteiger partial charge in [0.15, 0.2) is 12.4 Å². The highest BCUT2D eigenvalue weighted by Gasteiger charge is 1.99. The van der Waals surface area contributed by atoms with Crippen molar-refractivity contribution < 1.29 is 17.1 Å². The van der Waals surface area contributed by atoms with Crippen LogP contribution < -0.4 is 17.1 Å². The molecule has 3 aromatic rings. The third-order valence-electron chi connectivity index (χ3n) is 2.89. The second-order valence-corrected chi connectivity index (χ2v) is 4.48. The van der Waals surface area contributed by atoms with E-state index in [0.29, 0.717) is 0 Å². The lowest BCUT2D eigenvalue weighted by atomic mass is 10.2. The minimum atomic E-state index is 0. The summed E-state index contributed by atoms with van der Waals surface area (Å²) in [6, 6.07) is 20.0. The summed E-state index contributed by atoms with van der Waals surface area (Å²) in [7, 11) is 0. The molecule has 0 fully saturated rings. The number of imidazole rings is 1. The first-order chi connectivity index (χ1) is 10.4. The smallest absolute Gasteiger partial charge is 0.295 e. The van der Waals surface area contributed by atoms with Crippen LogP contribution in [0.5, 0.6) is 0 Å². The highest BCUT2D eigenvalue weighted by atomic mass is 35.5. The van der Waals surface area contributed by atoms with Gasteiger partial charge in [0, 0.05) is 0 Å². The quantitative estimate of drug-likeness (QED) is 0.462. The fourth-order valence-corrected chi connectivity index (χ4v) is 1.82. The van der Waals surface area contributed by atoms with Gasteiger partial charge in [0.1, 0.15) is 0 Å². The molecule has 0 N–H and O–H groups in total. The van der Waals surface area contributed by atoms with E-state index in [4.69, 9.17) is 0 Å². The SMILES string of the molecule is C(=Nn1cc[n+](N=Cc2ccccc2)c1)c1ccccc1.[Cl-]. The maximum Gasteiger partial charge on any atom is 0.295 e. The van der Waals surface area contributed by atoms with E-state index in [9.17, 15) is 0 Å². The summed E-state index contributed by atoms with van der Waals surface area (Å²) in [6.45, 7) is 0. The summed E-state index contributed by atoms with van der Waals surface area (Å²) in [6.07, 6.45) is 9.12. The molecule has 1 aromatic heterocycles. The van der Waals surface area contributed by atoms with Crippen molar-refractivity contribution in [1.29, 1.82) is 0 Å². The Kier molecular flexibility index (Phi) is 5.63. The van der Waals surface area contributed by atoms with Crippen molar-refractivity contribution in [2.75, 3.05) is 0 Å². The van der Waals surface area contributed by atoms with Crippen LogP contribution in [0.2, 0.25) is 0 Å². The lowest BCUT2D eigenvalue weighted by Crippen LogP contribution is -3.00. The van der Waals surface area contributed by atoms with Gasteiger partial charge in [-0.25, -0.2) is 0 Å². The standard InChI is InChI=1S/C17H15N4.ClH/c1-3-7-16(8-4-1)13-18-20-11-12-21(15-20)19-14-17-9-5-2-6-10-17;/h1-15H;1H/q+1;/p-1. The molecule has 0 radical (unpaired) electrons. The fraction of sp³-hybridized carbons (Fsp3) is 0. The van der Waals surface area contributed by atoms with Crippen LogP contribution in [0, 0.1) is 0 Å². The lowest BCUT2D eigenvalue weighted by molar-refractivity contribution is -0.677. The van der Waals surface area contributed by atoms with Crippen LogP contribution in [-0.2, 0) is 0 Å². The molecular weight excluding hydrogens is 296 g/mol. The van der Waals surface area contributed by atoms with Gasteiger partial charge in [-0.15, -0.1) is 9.35 Å². The van der Waals surface area contributed by atoms with Crippen molar-refractivity contribution in [2.24, 2.45) is 10.2 Å². The summed E-state index contributed by atoms with van der Waals surface area (Å²) < 4.78 is 3.44. The highest BCUT2D eigenvalue weighted by molar-refractivity contribution is 5.79. The van der Waals surface area contributed by atoms with Crippen molar-refractivity contribution in [3.8, 4) is 0 Å². The van der Waals surface area contributed by atoms with Crippen LogP contribution in [-0.4, -0.2) is 17.1 Å². The van der Waals surface area contributed by atoms with Gasteiger partial charge < -0.3 is 12.4 Å². The van der Waals surface area contributed by atoms with Gasteiger partial charge in [0.25, 0.3) is 6.33 Å². The molecule has 3 rings (SSSR count). The number of nitrogens with zero attached hydrogens (tertiary/aromatic N) is 4. The van der Waals surface area contributed by atoms with E-state index in [1.807, 2.05) is 85.5 Å². The molecule has 0 aliphatic rings. The van der Waals surface area contributed by atoms with Crippen LogP contribution in [0.1, 0.15) is 11.1 Å². The molecule has 0 unspecified atom stereocenters. The van der Waals surface area contributed by atoms with E-state index in [2.05, 4.69) is 10.2 Å². The summed E-state index contributed by atoms with van der Waals surface area (Å²) in [4.78, 5) is 0. The van der Waals surface area contributed by atoms with E-state index < -0.39 is 0 Å². The molecule has 0 aliphatic heterocycles. The zero-order chi connectivity index (χ0) is 14.3. The number of halogens is 1. The molecule has 0 saturated heterocycles. The molecule has 1 heterocycles. The predicted octanol–water partition coefficient (Wildman–Crippen LogP) is -0.456. The van der Waals surface area contributed by atoms with Gasteiger partial charge in [0.2, 0.25) is 0 Å². The average Bonchev–Trinajstić information content (AvgIpc) is 3.01. The van der Waals surface area contributed by atoms with Crippen molar-refractivity contribution in [3.63, 3.8) is 0 Å². The molecule has 0 aliphatic carbocycles.